The van der Waals surface area contributed by atoms with Gasteiger partial charge in [0.05, 0.1) is 0 Å². The molecule has 0 aliphatic carbocycles. The maximum Gasteiger partial charge on any atom is 0.221 e. The van der Waals surface area contributed by atoms with Gasteiger partial charge in [0.25, 0.3) is 0 Å². The maximum absolute atomic E-state index is 11.2. The van der Waals surface area contributed by atoms with Gasteiger partial charge in [-0.1, -0.05) is 6.92 Å². The normalized spacial score (nSPS) is 13.1. The van der Waals surface area contributed by atoms with Gasteiger partial charge in [-0.3, -0.25) is 4.79 Å². The Hall–Kier alpha value is -0.570. The summed E-state index contributed by atoms with van der Waals surface area (Å²) >= 11 is 0. The molecule has 0 spiro atoms. The highest BCUT2D eigenvalue weighted by Gasteiger charge is 2.07. The first-order chi connectivity index (χ1) is 5.56. The zero-order valence-electron chi connectivity index (χ0n) is 8.48. The number of hydrogen-bond donors (Lipinski definition) is 2. The molecule has 0 aromatic heterocycles. The molecule has 0 aliphatic heterocycles. The molecular weight excluding hydrogens is 152 g/mol. The Kier molecular flexibility index (Phi) is 5.72. The third kappa shape index (κ3) is 6.16. The summed E-state index contributed by atoms with van der Waals surface area (Å²) in [6, 6.07) is 0.514. The van der Waals surface area contributed by atoms with Crippen molar-refractivity contribution in [1.82, 2.24) is 10.6 Å². The minimum atomic E-state index is 0.124. The molecule has 3 nitrogen and oxygen atoms in total. The van der Waals surface area contributed by atoms with E-state index in [2.05, 4.69) is 10.6 Å². The molecule has 0 radical (unpaired) electrons. The number of carbonyl (C=O) groups excluding carboxylic acids is 1. The average molecular weight is 172 g/mol. The highest BCUT2D eigenvalue weighted by atomic mass is 16.1. The summed E-state index contributed by atoms with van der Waals surface area (Å²) in [7, 11) is 0. The van der Waals surface area contributed by atoms with Gasteiger partial charge in [-0.25, -0.2) is 0 Å². The lowest BCUT2D eigenvalue weighted by molar-refractivity contribution is -0.121. The fraction of sp³-hybridized carbons (Fsp3) is 0.889. The lowest BCUT2D eigenvalue weighted by atomic mass is 10.2. The van der Waals surface area contributed by atoms with Crippen LogP contribution in [0.1, 0.15) is 34.1 Å². The molecular formula is C9H20N2O. The van der Waals surface area contributed by atoms with Crippen molar-refractivity contribution < 1.29 is 4.79 Å². The van der Waals surface area contributed by atoms with E-state index in [1.54, 1.807) is 0 Å². The molecule has 0 bridgehead atoms. The fourth-order valence-corrected chi connectivity index (χ4v) is 1.08. The molecule has 72 valence electrons. The van der Waals surface area contributed by atoms with E-state index in [0.717, 1.165) is 6.54 Å². The Balaban J connectivity index is 3.54. The second-order valence-electron chi connectivity index (χ2n) is 3.39. The van der Waals surface area contributed by atoms with Gasteiger partial charge in [0.2, 0.25) is 5.91 Å². The van der Waals surface area contributed by atoms with E-state index in [9.17, 15) is 4.79 Å². The minimum absolute atomic E-state index is 0.124. The number of rotatable bonds is 5. The second kappa shape index (κ2) is 6.00. The summed E-state index contributed by atoms with van der Waals surface area (Å²) in [6.45, 7) is 8.90. The zero-order chi connectivity index (χ0) is 9.56. The van der Waals surface area contributed by atoms with E-state index in [1.165, 1.54) is 0 Å². The molecule has 3 heteroatoms. The standard InChI is InChI=1S/C9H20N2O/c1-5-10-8(4)6-9(12)11-7(2)3/h7-8,10H,5-6H2,1-4H3,(H,11,12). The lowest BCUT2D eigenvalue weighted by Gasteiger charge is -2.13. The van der Waals surface area contributed by atoms with Crippen molar-refractivity contribution >= 4 is 5.91 Å². The van der Waals surface area contributed by atoms with Gasteiger partial charge in [-0.2, -0.15) is 0 Å². The highest BCUT2D eigenvalue weighted by molar-refractivity contribution is 5.76. The molecule has 0 saturated carbocycles. The van der Waals surface area contributed by atoms with Crippen LogP contribution in [0.4, 0.5) is 0 Å². The SMILES string of the molecule is CCNC(C)CC(=O)NC(C)C. The third-order valence-electron chi connectivity index (χ3n) is 1.49. The van der Waals surface area contributed by atoms with Gasteiger partial charge in [-0.15, -0.1) is 0 Å². The Labute approximate surface area is 74.9 Å². The summed E-state index contributed by atoms with van der Waals surface area (Å²) in [5.74, 6) is 0.124. The summed E-state index contributed by atoms with van der Waals surface area (Å²) in [6.07, 6.45) is 0.562. The molecule has 12 heavy (non-hydrogen) atoms. The first-order valence-corrected chi connectivity index (χ1v) is 4.59. The van der Waals surface area contributed by atoms with Gasteiger partial charge in [0.15, 0.2) is 0 Å². The van der Waals surface area contributed by atoms with Crippen LogP contribution in [0.5, 0.6) is 0 Å². The molecule has 2 N–H and O–H groups in total. The predicted octanol–water partition coefficient (Wildman–Crippen LogP) is 0.899. The van der Waals surface area contributed by atoms with Crippen LogP contribution in [0, 0.1) is 0 Å². The van der Waals surface area contributed by atoms with Gasteiger partial charge in [0, 0.05) is 18.5 Å². The van der Waals surface area contributed by atoms with Gasteiger partial charge in [-0.05, 0) is 27.3 Å². The number of hydrogen-bond acceptors (Lipinski definition) is 2. The largest absolute Gasteiger partial charge is 0.354 e. The van der Waals surface area contributed by atoms with E-state index < -0.39 is 0 Å². The van der Waals surface area contributed by atoms with Crippen LogP contribution in [0.25, 0.3) is 0 Å². The predicted molar refractivity (Wildman–Crippen MR) is 51.0 cm³/mol. The molecule has 0 saturated heterocycles. The number of amides is 1. The summed E-state index contributed by atoms with van der Waals surface area (Å²) in [5.41, 5.74) is 0. The topological polar surface area (TPSA) is 41.1 Å². The molecule has 0 rings (SSSR count). The van der Waals surface area contributed by atoms with Crippen molar-refractivity contribution in [3.63, 3.8) is 0 Å². The average Bonchev–Trinajstić information content (AvgIpc) is 1.84. The van der Waals surface area contributed by atoms with Crippen molar-refractivity contribution in [2.24, 2.45) is 0 Å². The van der Waals surface area contributed by atoms with E-state index in [4.69, 9.17) is 0 Å². The second-order valence-corrected chi connectivity index (χ2v) is 3.39. The smallest absolute Gasteiger partial charge is 0.221 e. The first kappa shape index (κ1) is 11.4. The Bertz CT molecular complexity index is 134. The van der Waals surface area contributed by atoms with Crippen LogP contribution in [0.3, 0.4) is 0 Å². The van der Waals surface area contributed by atoms with Crippen LogP contribution in [0.15, 0.2) is 0 Å². The van der Waals surface area contributed by atoms with Crippen molar-refractivity contribution in [3.05, 3.63) is 0 Å². The van der Waals surface area contributed by atoms with Crippen LogP contribution < -0.4 is 10.6 Å². The monoisotopic (exact) mass is 172 g/mol. The Morgan fingerprint density at radius 2 is 1.92 bits per heavy atom. The van der Waals surface area contributed by atoms with Gasteiger partial charge in [0.1, 0.15) is 0 Å². The van der Waals surface area contributed by atoms with Gasteiger partial charge >= 0.3 is 0 Å². The molecule has 0 aliphatic rings. The van der Waals surface area contributed by atoms with Crippen LogP contribution in [0.2, 0.25) is 0 Å². The van der Waals surface area contributed by atoms with Crippen molar-refractivity contribution in [2.75, 3.05) is 6.54 Å². The number of nitrogens with one attached hydrogen (secondary N) is 2. The quantitative estimate of drug-likeness (QED) is 0.647. The molecule has 1 unspecified atom stereocenters. The molecule has 0 aromatic carbocycles. The van der Waals surface area contributed by atoms with E-state index >= 15 is 0 Å². The fourth-order valence-electron chi connectivity index (χ4n) is 1.08. The molecule has 0 aromatic rings. The van der Waals surface area contributed by atoms with Crippen LogP contribution >= 0.6 is 0 Å². The Morgan fingerprint density at radius 3 is 2.33 bits per heavy atom. The molecule has 0 fully saturated rings. The Morgan fingerprint density at radius 1 is 1.33 bits per heavy atom. The maximum atomic E-state index is 11.2. The summed E-state index contributed by atoms with van der Waals surface area (Å²) < 4.78 is 0. The minimum Gasteiger partial charge on any atom is -0.354 e. The molecule has 1 atom stereocenters. The lowest BCUT2D eigenvalue weighted by Crippen LogP contribution is -2.36. The van der Waals surface area contributed by atoms with Crippen molar-refractivity contribution in [1.29, 1.82) is 0 Å². The summed E-state index contributed by atoms with van der Waals surface area (Å²) in [5, 5.41) is 6.04. The van der Waals surface area contributed by atoms with Crippen LogP contribution in [-0.4, -0.2) is 24.5 Å². The van der Waals surface area contributed by atoms with Crippen LogP contribution in [-0.2, 0) is 4.79 Å². The van der Waals surface area contributed by atoms with E-state index in [-0.39, 0.29) is 18.0 Å². The highest BCUT2D eigenvalue weighted by Crippen LogP contribution is 1.90. The first-order valence-electron chi connectivity index (χ1n) is 4.59. The summed E-state index contributed by atoms with van der Waals surface area (Å²) in [4.78, 5) is 11.2. The number of carbonyl (C=O) groups is 1. The molecule has 0 heterocycles. The zero-order valence-corrected chi connectivity index (χ0v) is 8.48. The van der Waals surface area contributed by atoms with Crippen molar-refractivity contribution in [3.8, 4) is 0 Å². The van der Waals surface area contributed by atoms with Gasteiger partial charge < -0.3 is 10.6 Å². The van der Waals surface area contributed by atoms with E-state index in [0.29, 0.717) is 6.42 Å². The van der Waals surface area contributed by atoms with Crippen molar-refractivity contribution in [2.45, 2.75) is 46.2 Å². The van der Waals surface area contributed by atoms with E-state index in [1.807, 2.05) is 27.7 Å². The molecule has 1 amide bonds. The third-order valence-corrected chi connectivity index (χ3v) is 1.49.